The molecule has 63 heavy (non-hydrogen) atoms. The van der Waals surface area contributed by atoms with E-state index in [-0.39, 0.29) is 18.5 Å². The standard InChI is InChI=1S/C57H103NO5/c1-3-5-7-9-11-13-15-17-27-31-35-39-43-47-51-57(62)63-52-48-44-40-36-32-28-24-22-20-18-19-21-23-26-30-34-38-42-46-50-56(61)58-54(53-59)55(60)49-45-41-37-33-29-25-16-14-12-10-8-6-4-2/h9,11,15,17,22,24,28,32,45,49,54-55,59-60H,3-8,10,12-14,16,18-21,23,25-27,29-31,33-44,46-48,50-53H2,1-2H3,(H,58,61)/b11-9-,17-15-,24-22-,32-28-,49-45+. The Morgan fingerprint density at radius 1 is 0.460 bits per heavy atom. The first-order valence-corrected chi connectivity index (χ1v) is 27.1. The van der Waals surface area contributed by atoms with Crippen molar-refractivity contribution in [2.24, 2.45) is 0 Å². The second-order valence-corrected chi connectivity index (χ2v) is 18.2. The van der Waals surface area contributed by atoms with E-state index in [0.717, 1.165) is 89.9 Å². The fourth-order valence-corrected chi connectivity index (χ4v) is 7.82. The van der Waals surface area contributed by atoms with Gasteiger partial charge in [-0.2, -0.15) is 0 Å². The van der Waals surface area contributed by atoms with Gasteiger partial charge in [0.05, 0.1) is 25.4 Å². The molecule has 0 aliphatic rings. The summed E-state index contributed by atoms with van der Waals surface area (Å²) in [6.45, 7) is 4.80. The number of nitrogens with one attached hydrogen (secondary N) is 1. The summed E-state index contributed by atoms with van der Waals surface area (Å²) >= 11 is 0. The van der Waals surface area contributed by atoms with Crippen LogP contribution in [0.5, 0.6) is 0 Å². The summed E-state index contributed by atoms with van der Waals surface area (Å²) in [5.74, 6) is -0.110. The number of amides is 1. The van der Waals surface area contributed by atoms with Crippen LogP contribution in [0.25, 0.3) is 0 Å². The van der Waals surface area contributed by atoms with Gasteiger partial charge in [0.25, 0.3) is 0 Å². The molecule has 0 aromatic rings. The van der Waals surface area contributed by atoms with Crippen LogP contribution in [0.1, 0.15) is 264 Å². The molecule has 0 fully saturated rings. The molecular formula is C57H103NO5. The Kier molecular flexibility index (Phi) is 50.2. The normalized spacial score (nSPS) is 13.1. The number of allylic oxidation sites excluding steroid dienone is 9. The monoisotopic (exact) mass is 882 g/mol. The molecule has 0 aliphatic heterocycles. The molecule has 0 aromatic carbocycles. The van der Waals surface area contributed by atoms with E-state index in [9.17, 15) is 19.8 Å². The molecule has 366 valence electrons. The maximum Gasteiger partial charge on any atom is 0.305 e. The number of aliphatic hydroxyl groups is 2. The molecule has 0 aliphatic carbocycles. The summed E-state index contributed by atoms with van der Waals surface area (Å²) in [5, 5.41) is 23.0. The zero-order valence-electron chi connectivity index (χ0n) is 41.5. The van der Waals surface area contributed by atoms with Crippen molar-refractivity contribution >= 4 is 11.9 Å². The summed E-state index contributed by atoms with van der Waals surface area (Å²) < 4.78 is 5.43. The first-order valence-electron chi connectivity index (χ1n) is 27.1. The molecule has 6 nitrogen and oxygen atoms in total. The van der Waals surface area contributed by atoms with Crippen LogP contribution in [0.2, 0.25) is 0 Å². The maximum absolute atomic E-state index is 12.4. The van der Waals surface area contributed by atoms with E-state index in [1.54, 1.807) is 6.08 Å². The van der Waals surface area contributed by atoms with Crippen LogP contribution < -0.4 is 5.32 Å². The molecule has 0 saturated carbocycles. The van der Waals surface area contributed by atoms with Gasteiger partial charge in [0.1, 0.15) is 0 Å². The van der Waals surface area contributed by atoms with Gasteiger partial charge in [-0.1, -0.05) is 222 Å². The van der Waals surface area contributed by atoms with E-state index >= 15 is 0 Å². The van der Waals surface area contributed by atoms with Gasteiger partial charge in [-0.25, -0.2) is 0 Å². The number of unbranched alkanes of at least 4 members (excludes halogenated alkanes) is 31. The predicted octanol–water partition coefficient (Wildman–Crippen LogP) is 16.4. The summed E-state index contributed by atoms with van der Waals surface area (Å²) in [4.78, 5) is 24.4. The average Bonchev–Trinajstić information content (AvgIpc) is 3.28. The second-order valence-electron chi connectivity index (χ2n) is 18.2. The van der Waals surface area contributed by atoms with Gasteiger partial charge in [-0.15, -0.1) is 0 Å². The number of hydrogen-bond acceptors (Lipinski definition) is 5. The van der Waals surface area contributed by atoms with Gasteiger partial charge in [-0.3, -0.25) is 9.59 Å². The third kappa shape index (κ3) is 48.8. The minimum atomic E-state index is -0.852. The van der Waals surface area contributed by atoms with Crippen molar-refractivity contribution < 1.29 is 24.5 Å². The molecule has 6 heteroatoms. The molecule has 0 radical (unpaired) electrons. The first-order chi connectivity index (χ1) is 31.0. The molecule has 0 spiro atoms. The highest BCUT2D eigenvalue weighted by atomic mass is 16.5. The van der Waals surface area contributed by atoms with E-state index in [4.69, 9.17) is 4.74 Å². The molecule has 0 bridgehead atoms. The van der Waals surface area contributed by atoms with Crippen LogP contribution in [0.15, 0.2) is 60.8 Å². The van der Waals surface area contributed by atoms with Crippen LogP contribution in [-0.4, -0.2) is 47.4 Å². The molecule has 0 aromatic heterocycles. The lowest BCUT2D eigenvalue weighted by atomic mass is 10.0. The van der Waals surface area contributed by atoms with E-state index in [1.807, 2.05) is 6.08 Å². The third-order valence-corrected chi connectivity index (χ3v) is 12.0. The molecular weight excluding hydrogens is 779 g/mol. The molecule has 1 amide bonds. The Balaban J connectivity index is 3.52. The number of carbonyl (C=O) groups excluding carboxylic acids is 2. The maximum atomic E-state index is 12.4. The lowest BCUT2D eigenvalue weighted by Gasteiger charge is -2.20. The Bertz CT molecular complexity index is 1110. The Morgan fingerprint density at radius 2 is 0.857 bits per heavy atom. The quantitative estimate of drug-likeness (QED) is 0.0245. The fourth-order valence-electron chi connectivity index (χ4n) is 7.82. The van der Waals surface area contributed by atoms with Crippen LogP contribution >= 0.6 is 0 Å². The summed E-state index contributed by atoms with van der Waals surface area (Å²) in [6, 6.07) is -0.636. The highest BCUT2D eigenvalue weighted by Gasteiger charge is 2.18. The second kappa shape index (κ2) is 52.2. The number of esters is 1. The van der Waals surface area contributed by atoms with Gasteiger partial charge < -0.3 is 20.3 Å². The smallest absolute Gasteiger partial charge is 0.305 e. The van der Waals surface area contributed by atoms with E-state index in [1.165, 1.54) is 148 Å². The topological polar surface area (TPSA) is 95.9 Å². The lowest BCUT2D eigenvalue weighted by molar-refractivity contribution is -0.143. The number of hydrogen-bond donors (Lipinski definition) is 3. The highest BCUT2D eigenvalue weighted by molar-refractivity contribution is 5.76. The minimum Gasteiger partial charge on any atom is -0.466 e. The predicted molar refractivity (Wildman–Crippen MR) is 273 cm³/mol. The van der Waals surface area contributed by atoms with E-state index in [0.29, 0.717) is 19.4 Å². The van der Waals surface area contributed by atoms with Gasteiger partial charge >= 0.3 is 5.97 Å². The minimum absolute atomic E-state index is 0.0299. The molecule has 3 N–H and O–H groups in total. The Morgan fingerprint density at radius 3 is 1.35 bits per heavy atom. The fraction of sp³-hybridized carbons (Fsp3) is 0.789. The summed E-state index contributed by atoms with van der Waals surface area (Å²) in [7, 11) is 0. The average molecular weight is 882 g/mol. The number of ether oxygens (including phenoxy) is 1. The van der Waals surface area contributed by atoms with Crippen LogP contribution in [-0.2, 0) is 14.3 Å². The van der Waals surface area contributed by atoms with Gasteiger partial charge in [0.15, 0.2) is 0 Å². The molecule has 2 unspecified atom stereocenters. The zero-order valence-corrected chi connectivity index (χ0v) is 41.5. The van der Waals surface area contributed by atoms with Crippen LogP contribution in [0.4, 0.5) is 0 Å². The zero-order chi connectivity index (χ0) is 45.8. The van der Waals surface area contributed by atoms with E-state index < -0.39 is 12.1 Å². The van der Waals surface area contributed by atoms with Crippen molar-refractivity contribution in [2.75, 3.05) is 13.2 Å². The van der Waals surface area contributed by atoms with Crippen molar-refractivity contribution in [2.45, 2.75) is 276 Å². The van der Waals surface area contributed by atoms with E-state index in [2.05, 4.69) is 67.8 Å². The van der Waals surface area contributed by atoms with Crippen molar-refractivity contribution in [3.63, 3.8) is 0 Å². The lowest BCUT2D eigenvalue weighted by Crippen LogP contribution is -2.45. The third-order valence-electron chi connectivity index (χ3n) is 12.0. The number of carbonyl (C=O) groups is 2. The molecule has 0 heterocycles. The molecule has 2 atom stereocenters. The van der Waals surface area contributed by atoms with Crippen molar-refractivity contribution in [3.8, 4) is 0 Å². The van der Waals surface area contributed by atoms with Crippen molar-refractivity contribution in [1.29, 1.82) is 0 Å². The first kappa shape index (κ1) is 60.6. The van der Waals surface area contributed by atoms with Gasteiger partial charge in [0.2, 0.25) is 5.91 Å². The number of aliphatic hydroxyl groups excluding tert-OH is 2. The summed E-state index contributed by atoms with van der Waals surface area (Å²) in [5.41, 5.74) is 0. The van der Waals surface area contributed by atoms with Gasteiger partial charge in [-0.05, 0) is 89.9 Å². The van der Waals surface area contributed by atoms with Crippen LogP contribution in [0, 0.1) is 0 Å². The highest BCUT2D eigenvalue weighted by Crippen LogP contribution is 2.15. The molecule has 0 rings (SSSR count). The van der Waals surface area contributed by atoms with Crippen molar-refractivity contribution in [1.82, 2.24) is 5.32 Å². The van der Waals surface area contributed by atoms with Crippen LogP contribution in [0.3, 0.4) is 0 Å². The Labute approximate surface area is 390 Å². The SMILES string of the molecule is CCCC/C=C\C/C=C\CCCCCCCC(=O)OCCCCC/C=C\C=C/CCCCCCCCCCCCC(=O)NC(CO)C(O)/C=C/CCCCCCCCCCCCC. The number of rotatable bonds is 49. The largest absolute Gasteiger partial charge is 0.466 e. The summed E-state index contributed by atoms with van der Waals surface area (Å²) in [6.07, 6.45) is 66.6. The Hall–Kier alpha value is -2.44. The van der Waals surface area contributed by atoms with Crippen molar-refractivity contribution in [3.05, 3.63) is 60.8 Å². The molecule has 0 saturated heterocycles. The van der Waals surface area contributed by atoms with Gasteiger partial charge in [0, 0.05) is 12.8 Å².